The molecular formula is C10H11N3. The third-order valence-corrected chi connectivity index (χ3v) is 1.53. The average Bonchev–Trinajstić information content (AvgIpc) is 2.19. The van der Waals surface area contributed by atoms with Gasteiger partial charge in [0.05, 0.1) is 6.34 Å². The first-order chi connectivity index (χ1) is 6.36. The molecule has 0 aliphatic rings. The lowest BCUT2D eigenvalue weighted by molar-refractivity contribution is 1.51. The number of nitrogens with one attached hydrogen (secondary N) is 2. The van der Waals surface area contributed by atoms with E-state index in [0.29, 0.717) is 0 Å². The molecule has 66 valence electrons. The van der Waals surface area contributed by atoms with Crippen LogP contribution in [-0.4, -0.2) is 12.7 Å². The molecule has 0 fully saturated rings. The highest BCUT2D eigenvalue weighted by Gasteiger charge is 1.87. The van der Waals surface area contributed by atoms with Crippen molar-refractivity contribution in [2.45, 2.75) is 0 Å². The summed E-state index contributed by atoms with van der Waals surface area (Å²) in [6, 6.07) is 7.75. The predicted molar refractivity (Wildman–Crippen MR) is 57.4 cm³/mol. The first kappa shape index (κ1) is 9.19. The normalized spacial score (nSPS) is 9.85. The lowest BCUT2D eigenvalue weighted by Gasteiger charge is -1.99. The molecule has 1 rings (SSSR count). The van der Waals surface area contributed by atoms with Gasteiger partial charge in [-0.05, 0) is 17.7 Å². The first-order valence-corrected chi connectivity index (χ1v) is 3.86. The minimum Gasteiger partial charge on any atom is -0.346 e. The molecule has 0 spiro atoms. The maximum Gasteiger partial charge on any atom is 0.108 e. The number of hydrogen-bond donors (Lipinski definition) is 2. The Morgan fingerprint density at radius 3 is 2.54 bits per heavy atom. The van der Waals surface area contributed by atoms with E-state index < -0.39 is 0 Å². The molecule has 0 aromatic heterocycles. The van der Waals surface area contributed by atoms with Crippen LogP contribution >= 0.6 is 0 Å². The highest BCUT2D eigenvalue weighted by molar-refractivity contribution is 5.81. The van der Waals surface area contributed by atoms with Gasteiger partial charge in [0.1, 0.15) is 6.34 Å². The summed E-state index contributed by atoms with van der Waals surface area (Å²) in [6.07, 6.45) is 4.23. The van der Waals surface area contributed by atoms with Gasteiger partial charge in [-0.1, -0.05) is 24.8 Å². The Morgan fingerprint density at radius 1 is 1.31 bits per heavy atom. The lowest BCUT2D eigenvalue weighted by atomic mass is 10.2. The fourth-order valence-corrected chi connectivity index (χ4v) is 0.864. The quantitative estimate of drug-likeness (QED) is 0.533. The van der Waals surface area contributed by atoms with Crippen molar-refractivity contribution in [2.24, 2.45) is 4.99 Å². The molecule has 0 amide bonds. The molecule has 1 aromatic carbocycles. The van der Waals surface area contributed by atoms with Gasteiger partial charge < -0.3 is 5.32 Å². The van der Waals surface area contributed by atoms with E-state index in [4.69, 9.17) is 5.41 Å². The molecular weight excluding hydrogens is 162 g/mol. The molecule has 0 bridgehead atoms. The number of rotatable bonds is 4. The van der Waals surface area contributed by atoms with E-state index >= 15 is 0 Å². The van der Waals surface area contributed by atoms with Gasteiger partial charge in [0.25, 0.3) is 0 Å². The number of anilines is 1. The van der Waals surface area contributed by atoms with E-state index in [-0.39, 0.29) is 0 Å². The summed E-state index contributed by atoms with van der Waals surface area (Å²) in [4.78, 5) is 3.60. The van der Waals surface area contributed by atoms with Gasteiger partial charge in [-0.15, -0.1) is 0 Å². The molecule has 0 saturated heterocycles. The molecule has 1 aromatic rings. The minimum absolute atomic E-state index is 0.941. The van der Waals surface area contributed by atoms with Gasteiger partial charge in [0, 0.05) is 5.69 Å². The molecule has 3 heteroatoms. The Balaban J connectivity index is 2.63. The van der Waals surface area contributed by atoms with Gasteiger partial charge in [0.15, 0.2) is 0 Å². The average molecular weight is 173 g/mol. The molecule has 0 aliphatic carbocycles. The van der Waals surface area contributed by atoms with Crippen LogP contribution in [0.25, 0.3) is 6.08 Å². The molecule has 0 atom stereocenters. The van der Waals surface area contributed by atoms with E-state index in [2.05, 4.69) is 16.9 Å². The zero-order valence-electron chi connectivity index (χ0n) is 7.20. The van der Waals surface area contributed by atoms with E-state index in [9.17, 15) is 0 Å². The molecule has 13 heavy (non-hydrogen) atoms. The van der Waals surface area contributed by atoms with Gasteiger partial charge in [-0.25, -0.2) is 4.99 Å². The standard InChI is InChI=1S/C10H11N3/c1-2-9-3-5-10(6-4-9)13-8-12-7-11/h2-8H,1H2,(H2,11,12,13). The Hall–Kier alpha value is -1.90. The van der Waals surface area contributed by atoms with Crippen LogP contribution in [0.3, 0.4) is 0 Å². The van der Waals surface area contributed by atoms with Crippen LogP contribution < -0.4 is 5.32 Å². The second-order valence-electron chi connectivity index (χ2n) is 2.38. The van der Waals surface area contributed by atoms with Crippen molar-refractivity contribution in [1.29, 1.82) is 5.41 Å². The van der Waals surface area contributed by atoms with E-state index in [1.807, 2.05) is 24.3 Å². The number of benzene rings is 1. The van der Waals surface area contributed by atoms with Crippen LogP contribution in [0.15, 0.2) is 35.8 Å². The molecule has 2 N–H and O–H groups in total. The van der Waals surface area contributed by atoms with Crippen molar-refractivity contribution in [3.05, 3.63) is 36.4 Å². The van der Waals surface area contributed by atoms with Gasteiger partial charge in [-0.3, -0.25) is 5.41 Å². The molecule has 0 heterocycles. The van der Waals surface area contributed by atoms with Crippen LogP contribution in [0, 0.1) is 5.41 Å². The second-order valence-corrected chi connectivity index (χ2v) is 2.38. The summed E-state index contributed by atoms with van der Waals surface area (Å²) in [6.45, 7) is 3.66. The summed E-state index contributed by atoms with van der Waals surface area (Å²) in [5.74, 6) is 0. The van der Waals surface area contributed by atoms with Crippen molar-refractivity contribution in [3.8, 4) is 0 Å². The maximum absolute atomic E-state index is 6.66. The van der Waals surface area contributed by atoms with Crippen LogP contribution in [0.4, 0.5) is 5.69 Å². The number of nitrogens with zero attached hydrogens (tertiary/aromatic N) is 1. The van der Waals surface area contributed by atoms with Gasteiger partial charge >= 0.3 is 0 Å². The number of aliphatic imine (C=N–C) groups is 1. The summed E-state index contributed by atoms with van der Waals surface area (Å²) in [5.41, 5.74) is 2.02. The second kappa shape index (κ2) is 4.87. The monoisotopic (exact) mass is 173 g/mol. The Labute approximate surface area is 77.3 Å². The van der Waals surface area contributed by atoms with E-state index in [1.54, 1.807) is 6.08 Å². The van der Waals surface area contributed by atoms with Crippen molar-refractivity contribution in [2.75, 3.05) is 5.32 Å². The highest BCUT2D eigenvalue weighted by atomic mass is 14.9. The third-order valence-electron chi connectivity index (χ3n) is 1.53. The van der Waals surface area contributed by atoms with Crippen molar-refractivity contribution >= 4 is 24.4 Å². The summed E-state index contributed by atoms with van der Waals surface area (Å²) < 4.78 is 0. The SMILES string of the molecule is C=Cc1ccc(N/C=N\C=N)cc1. The fourth-order valence-electron chi connectivity index (χ4n) is 0.864. The first-order valence-electron chi connectivity index (χ1n) is 3.86. The third kappa shape index (κ3) is 2.91. The van der Waals surface area contributed by atoms with Gasteiger partial charge in [-0.2, -0.15) is 0 Å². The smallest absolute Gasteiger partial charge is 0.108 e. The molecule has 3 nitrogen and oxygen atoms in total. The largest absolute Gasteiger partial charge is 0.346 e. The minimum atomic E-state index is 0.941. The Morgan fingerprint density at radius 2 is 2.00 bits per heavy atom. The zero-order valence-corrected chi connectivity index (χ0v) is 7.20. The molecule has 0 radical (unpaired) electrons. The fraction of sp³-hybridized carbons (Fsp3) is 0. The lowest BCUT2D eigenvalue weighted by Crippen LogP contribution is -1.93. The van der Waals surface area contributed by atoms with Gasteiger partial charge in [0.2, 0.25) is 0 Å². The maximum atomic E-state index is 6.66. The summed E-state index contributed by atoms with van der Waals surface area (Å²) in [7, 11) is 0. The van der Waals surface area contributed by atoms with Crippen molar-refractivity contribution in [1.82, 2.24) is 0 Å². The van der Waals surface area contributed by atoms with Crippen LogP contribution in [0.2, 0.25) is 0 Å². The van der Waals surface area contributed by atoms with E-state index in [0.717, 1.165) is 17.6 Å². The van der Waals surface area contributed by atoms with Crippen LogP contribution in [0.1, 0.15) is 5.56 Å². The van der Waals surface area contributed by atoms with Crippen molar-refractivity contribution < 1.29 is 0 Å². The van der Waals surface area contributed by atoms with Crippen molar-refractivity contribution in [3.63, 3.8) is 0 Å². The Kier molecular flexibility index (Phi) is 3.45. The molecule has 0 aliphatic heterocycles. The topological polar surface area (TPSA) is 48.2 Å². The summed E-state index contributed by atoms with van der Waals surface area (Å²) >= 11 is 0. The number of hydrogen-bond acceptors (Lipinski definition) is 1. The highest BCUT2D eigenvalue weighted by Crippen LogP contribution is 2.08. The van der Waals surface area contributed by atoms with Crippen LogP contribution in [-0.2, 0) is 0 Å². The molecule has 0 saturated carbocycles. The van der Waals surface area contributed by atoms with E-state index in [1.165, 1.54) is 6.34 Å². The Bertz CT molecular complexity index is 311. The predicted octanol–water partition coefficient (Wildman–Crippen LogP) is 2.38. The summed E-state index contributed by atoms with van der Waals surface area (Å²) in [5, 5.41) is 9.58. The zero-order chi connectivity index (χ0) is 9.52. The molecule has 0 unspecified atom stereocenters. The van der Waals surface area contributed by atoms with Crippen LogP contribution in [0.5, 0.6) is 0 Å².